The van der Waals surface area contributed by atoms with Crippen LogP contribution in [0.5, 0.6) is 0 Å². The summed E-state index contributed by atoms with van der Waals surface area (Å²) in [6.07, 6.45) is 0. The van der Waals surface area contributed by atoms with E-state index in [1.807, 2.05) is 0 Å². The van der Waals surface area contributed by atoms with Crippen molar-refractivity contribution < 1.29 is 13.2 Å². The molecule has 0 radical (unpaired) electrons. The Balaban J connectivity index is 2.56. The van der Waals surface area contributed by atoms with Crippen LogP contribution in [-0.2, 0) is 0 Å². The fraction of sp³-hybridized carbons (Fsp3) is 0.0769. The molecule has 0 heterocycles. The van der Waals surface area contributed by atoms with Crippen molar-refractivity contribution in [2.24, 2.45) is 5.73 Å². The van der Waals surface area contributed by atoms with Crippen LogP contribution in [-0.4, -0.2) is 0 Å². The first-order chi connectivity index (χ1) is 8.91. The van der Waals surface area contributed by atoms with Gasteiger partial charge in [-0.15, -0.1) is 0 Å². The lowest BCUT2D eigenvalue weighted by molar-refractivity contribution is 0.529. The van der Waals surface area contributed by atoms with Gasteiger partial charge in [-0.3, -0.25) is 0 Å². The molecule has 100 valence electrons. The maximum absolute atomic E-state index is 13.9. The van der Waals surface area contributed by atoms with E-state index in [-0.39, 0.29) is 15.6 Å². The van der Waals surface area contributed by atoms with Gasteiger partial charge in [-0.25, -0.2) is 13.2 Å². The van der Waals surface area contributed by atoms with Gasteiger partial charge in [0.15, 0.2) is 0 Å². The van der Waals surface area contributed by atoms with Crippen LogP contribution in [0, 0.1) is 17.5 Å². The molecular formula is C13H8Br2F3N. The molecule has 0 aromatic heterocycles. The first-order valence-electron chi connectivity index (χ1n) is 5.25. The van der Waals surface area contributed by atoms with Gasteiger partial charge in [-0.05, 0) is 40.2 Å². The number of hydrogen-bond donors (Lipinski definition) is 1. The van der Waals surface area contributed by atoms with Crippen molar-refractivity contribution in [3.63, 3.8) is 0 Å². The number of halogens is 5. The average Bonchev–Trinajstić information content (AvgIpc) is 2.34. The van der Waals surface area contributed by atoms with E-state index in [0.717, 1.165) is 6.07 Å². The quantitative estimate of drug-likeness (QED) is 0.735. The van der Waals surface area contributed by atoms with E-state index in [1.165, 1.54) is 18.2 Å². The third kappa shape index (κ3) is 2.85. The minimum atomic E-state index is -1.22. The van der Waals surface area contributed by atoms with Gasteiger partial charge < -0.3 is 5.73 Å². The van der Waals surface area contributed by atoms with Gasteiger partial charge in [-0.2, -0.15) is 0 Å². The zero-order valence-corrected chi connectivity index (χ0v) is 12.6. The molecule has 0 aliphatic rings. The lowest BCUT2D eigenvalue weighted by atomic mass is 9.98. The van der Waals surface area contributed by atoms with E-state index in [4.69, 9.17) is 5.73 Å². The zero-order valence-electron chi connectivity index (χ0n) is 9.43. The largest absolute Gasteiger partial charge is 0.320 e. The molecule has 2 N–H and O–H groups in total. The molecule has 2 aromatic rings. The molecular weight excluding hydrogens is 387 g/mol. The summed E-state index contributed by atoms with van der Waals surface area (Å²) in [5, 5.41) is 0. The van der Waals surface area contributed by atoms with Gasteiger partial charge in [0.1, 0.15) is 17.5 Å². The van der Waals surface area contributed by atoms with Crippen LogP contribution >= 0.6 is 31.9 Å². The highest BCUT2D eigenvalue weighted by atomic mass is 79.9. The SMILES string of the molecule is NC(c1ccc(Br)cc1F)c1c(F)ccc(Br)c1F. The van der Waals surface area contributed by atoms with E-state index in [2.05, 4.69) is 31.9 Å². The Bertz CT molecular complexity index is 632. The summed E-state index contributed by atoms with van der Waals surface area (Å²) in [6.45, 7) is 0. The van der Waals surface area contributed by atoms with Crippen LogP contribution in [0.1, 0.15) is 17.2 Å². The van der Waals surface area contributed by atoms with Gasteiger partial charge in [0.2, 0.25) is 0 Å². The standard InChI is InChI=1S/C13H8Br2F3N/c14-6-1-2-7(10(17)5-6)13(19)11-9(16)4-3-8(15)12(11)18/h1-5,13H,19H2. The van der Waals surface area contributed by atoms with Crippen molar-refractivity contribution >= 4 is 31.9 Å². The zero-order chi connectivity index (χ0) is 14.2. The van der Waals surface area contributed by atoms with Crippen LogP contribution in [0.2, 0.25) is 0 Å². The lowest BCUT2D eigenvalue weighted by Crippen LogP contribution is -2.17. The van der Waals surface area contributed by atoms with Gasteiger partial charge >= 0.3 is 0 Å². The highest BCUT2D eigenvalue weighted by Crippen LogP contribution is 2.31. The van der Waals surface area contributed by atoms with Crippen molar-refractivity contribution in [2.75, 3.05) is 0 Å². The molecule has 0 fully saturated rings. The molecule has 0 spiro atoms. The summed E-state index contributed by atoms with van der Waals surface area (Å²) >= 11 is 6.06. The Morgan fingerprint density at radius 2 is 1.63 bits per heavy atom. The van der Waals surface area contributed by atoms with E-state index in [1.54, 1.807) is 6.07 Å². The molecule has 19 heavy (non-hydrogen) atoms. The first kappa shape index (κ1) is 14.6. The molecule has 2 rings (SSSR count). The fourth-order valence-electron chi connectivity index (χ4n) is 1.74. The van der Waals surface area contributed by atoms with Crippen molar-refractivity contribution in [1.82, 2.24) is 0 Å². The molecule has 2 aromatic carbocycles. The van der Waals surface area contributed by atoms with Crippen LogP contribution in [0.3, 0.4) is 0 Å². The van der Waals surface area contributed by atoms with E-state index in [9.17, 15) is 13.2 Å². The molecule has 0 aliphatic heterocycles. The highest BCUT2D eigenvalue weighted by Gasteiger charge is 2.22. The van der Waals surface area contributed by atoms with Crippen LogP contribution < -0.4 is 5.73 Å². The predicted molar refractivity (Wildman–Crippen MR) is 74.2 cm³/mol. The number of nitrogens with two attached hydrogens (primary N) is 1. The number of rotatable bonds is 2. The van der Waals surface area contributed by atoms with Crippen LogP contribution in [0.25, 0.3) is 0 Å². The second-order valence-corrected chi connectivity index (χ2v) is 5.67. The third-order valence-electron chi connectivity index (χ3n) is 2.69. The summed E-state index contributed by atoms with van der Waals surface area (Å²) in [4.78, 5) is 0. The van der Waals surface area contributed by atoms with Gasteiger partial charge in [0.05, 0.1) is 10.5 Å². The fourth-order valence-corrected chi connectivity index (χ4v) is 2.42. The smallest absolute Gasteiger partial charge is 0.145 e. The maximum atomic E-state index is 13.9. The first-order valence-corrected chi connectivity index (χ1v) is 6.84. The average molecular weight is 395 g/mol. The Kier molecular flexibility index (Phi) is 4.32. The highest BCUT2D eigenvalue weighted by molar-refractivity contribution is 9.10. The molecule has 0 amide bonds. The molecule has 1 unspecified atom stereocenters. The Morgan fingerprint density at radius 3 is 2.26 bits per heavy atom. The molecule has 1 atom stereocenters. The minimum Gasteiger partial charge on any atom is -0.320 e. The topological polar surface area (TPSA) is 26.0 Å². The second kappa shape index (κ2) is 5.64. The molecule has 0 saturated carbocycles. The second-order valence-electron chi connectivity index (χ2n) is 3.90. The van der Waals surface area contributed by atoms with E-state index in [0.29, 0.717) is 4.47 Å². The van der Waals surface area contributed by atoms with Crippen molar-refractivity contribution in [3.05, 3.63) is 67.9 Å². The molecule has 0 aliphatic carbocycles. The van der Waals surface area contributed by atoms with Crippen molar-refractivity contribution in [3.8, 4) is 0 Å². The molecule has 0 saturated heterocycles. The lowest BCUT2D eigenvalue weighted by Gasteiger charge is -2.16. The summed E-state index contributed by atoms with van der Waals surface area (Å²) in [6, 6.07) is 5.25. The summed E-state index contributed by atoms with van der Waals surface area (Å²) < 4.78 is 42.0. The molecule has 6 heteroatoms. The van der Waals surface area contributed by atoms with Gasteiger partial charge in [0, 0.05) is 15.6 Å². The summed E-state index contributed by atoms with van der Waals surface area (Å²) in [5.74, 6) is -2.26. The molecule has 1 nitrogen and oxygen atoms in total. The minimum absolute atomic E-state index is 0.0269. The van der Waals surface area contributed by atoms with Crippen LogP contribution in [0.4, 0.5) is 13.2 Å². The van der Waals surface area contributed by atoms with E-state index < -0.39 is 23.5 Å². The normalized spacial score (nSPS) is 12.5. The van der Waals surface area contributed by atoms with E-state index >= 15 is 0 Å². The predicted octanol–water partition coefficient (Wildman–Crippen LogP) is 4.68. The monoisotopic (exact) mass is 393 g/mol. The van der Waals surface area contributed by atoms with Gasteiger partial charge in [-0.1, -0.05) is 22.0 Å². The van der Waals surface area contributed by atoms with Gasteiger partial charge in [0.25, 0.3) is 0 Å². The number of hydrogen-bond acceptors (Lipinski definition) is 1. The van der Waals surface area contributed by atoms with Crippen molar-refractivity contribution in [1.29, 1.82) is 0 Å². The summed E-state index contributed by atoms with van der Waals surface area (Å²) in [7, 11) is 0. The third-order valence-corrected chi connectivity index (χ3v) is 3.79. The van der Waals surface area contributed by atoms with Crippen molar-refractivity contribution in [2.45, 2.75) is 6.04 Å². The number of benzene rings is 2. The Hall–Kier alpha value is -0.850. The maximum Gasteiger partial charge on any atom is 0.145 e. The summed E-state index contributed by atoms with van der Waals surface area (Å²) in [5.41, 5.74) is 5.44. The Labute approximate surface area is 124 Å². The molecule has 0 bridgehead atoms. The Morgan fingerprint density at radius 1 is 0.947 bits per heavy atom. The van der Waals surface area contributed by atoms with Crippen LogP contribution in [0.15, 0.2) is 39.3 Å².